The molecule has 3 atom stereocenters. The smallest absolute Gasteiger partial charge is 0.270 e. The number of nitrogens with one attached hydrogen (secondary N) is 4. The van der Waals surface area contributed by atoms with Crippen LogP contribution in [0.15, 0.2) is 90.6 Å². The van der Waals surface area contributed by atoms with E-state index >= 15 is 0 Å². The maximum absolute atomic E-state index is 13.9. The summed E-state index contributed by atoms with van der Waals surface area (Å²) in [5, 5.41) is 22.6. The van der Waals surface area contributed by atoms with E-state index in [-0.39, 0.29) is 75.7 Å². The first kappa shape index (κ1) is 58.7. The molecule has 1 aliphatic rings. The van der Waals surface area contributed by atoms with E-state index in [1.807, 2.05) is 101 Å². The zero-order chi connectivity index (χ0) is 54.5. The summed E-state index contributed by atoms with van der Waals surface area (Å²) >= 11 is 7.56. The number of aromatic nitrogens is 2. The Hall–Kier alpha value is -6.58. The number of hydrogen-bond acceptors (Lipinski definition) is 14. The van der Waals surface area contributed by atoms with Crippen molar-refractivity contribution in [1.29, 1.82) is 0 Å². The number of hydrogen-bond donors (Lipinski definition) is 5. The Morgan fingerprint density at radius 1 is 0.803 bits per heavy atom. The van der Waals surface area contributed by atoms with Crippen LogP contribution in [-0.2, 0) is 57.6 Å². The molecule has 406 valence electrons. The number of aryl methyl sites for hydroxylation is 1. The van der Waals surface area contributed by atoms with Gasteiger partial charge in [-0.05, 0) is 58.4 Å². The van der Waals surface area contributed by atoms with Crippen molar-refractivity contribution in [2.75, 3.05) is 73.1 Å². The minimum Gasteiger partial charge on any atom is -0.495 e. The highest BCUT2D eigenvalue weighted by Crippen LogP contribution is 2.29. The molecule has 1 saturated heterocycles. The topological polar surface area (TPSA) is 229 Å². The highest BCUT2D eigenvalue weighted by molar-refractivity contribution is 7.13. The van der Waals surface area contributed by atoms with Crippen LogP contribution >= 0.6 is 22.9 Å². The van der Waals surface area contributed by atoms with Gasteiger partial charge in [0.1, 0.15) is 30.1 Å². The molecular weight excluding hydrogens is 1010 g/mol. The number of halogens is 1. The first-order valence-corrected chi connectivity index (χ1v) is 26.3. The number of benzene rings is 3. The second-order valence-electron chi connectivity index (χ2n) is 19.1. The number of methoxy groups -OCH3 is 1. The number of likely N-dealkylation sites (tertiary alicyclic amines) is 1. The zero-order valence-corrected chi connectivity index (χ0v) is 45.2. The van der Waals surface area contributed by atoms with Gasteiger partial charge in [0.2, 0.25) is 23.6 Å². The lowest BCUT2D eigenvalue weighted by atomic mass is 9.85. The van der Waals surface area contributed by atoms with E-state index in [1.54, 1.807) is 42.2 Å². The Labute approximate surface area is 452 Å². The molecule has 18 nitrogen and oxygen atoms in total. The molecule has 20 heteroatoms. The van der Waals surface area contributed by atoms with Crippen molar-refractivity contribution in [2.45, 2.75) is 71.8 Å². The number of nitrogens with zero attached hydrogens (tertiary/aromatic N) is 3. The van der Waals surface area contributed by atoms with Crippen LogP contribution in [0, 0.1) is 12.3 Å². The van der Waals surface area contributed by atoms with Gasteiger partial charge in [0, 0.05) is 43.2 Å². The Morgan fingerprint density at radius 3 is 2.14 bits per heavy atom. The van der Waals surface area contributed by atoms with Gasteiger partial charge in [0.25, 0.3) is 5.91 Å². The first-order valence-electron chi connectivity index (χ1n) is 25.0. The lowest BCUT2D eigenvalue weighted by molar-refractivity contribution is -0.144. The Morgan fingerprint density at radius 2 is 1.47 bits per heavy atom. The van der Waals surface area contributed by atoms with Crippen LogP contribution in [0.2, 0.25) is 5.02 Å². The summed E-state index contributed by atoms with van der Waals surface area (Å²) in [6.07, 6.45) is 4.61. The van der Waals surface area contributed by atoms with E-state index in [2.05, 4.69) is 31.2 Å². The molecule has 3 aromatic carbocycles. The molecule has 0 saturated carbocycles. The number of pyridine rings is 1. The standard InChI is InChI=1S/C56H68ClN7O11S/c1-37-51(76-36-62-37)42-14-10-39(11-15-42)31-61-54(69)47-30-45(65)34-64(47)55(70)52(56(2,3)4)63-50(67)35-75-26-25-74-24-23-73-22-21-72-20-19-58-49(66)28-40-7-6-8-41(27-40)32-60-53(68)46-29-43(48(71-5)33-59-46)16-9-38-12-17-44(57)18-13-38/h6-18,27,29,33,36,45,47,52,65H,19-26,28,30-32,34-35H2,1-5H3,(H,58,66)(H,60,68)(H,61,69)(H,63,67)/b16-9+/t45-,47+,52-/m1/s1. The van der Waals surface area contributed by atoms with E-state index in [1.165, 1.54) is 11.1 Å². The second kappa shape index (κ2) is 29.6. The van der Waals surface area contributed by atoms with Crippen LogP contribution in [0.1, 0.15) is 71.2 Å². The van der Waals surface area contributed by atoms with Crippen molar-refractivity contribution in [3.63, 3.8) is 0 Å². The monoisotopic (exact) mass is 1080 g/mol. The van der Waals surface area contributed by atoms with Crippen LogP contribution < -0.4 is 26.0 Å². The quantitative estimate of drug-likeness (QED) is 0.0373. The number of rotatable bonds is 28. The normalized spacial score (nSPS) is 14.9. The molecule has 1 fully saturated rings. The zero-order valence-electron chi connectivity index (χ0n) is 43.6. The van der Waals surface area contributed by atoms with Crippen LogP contribution in [0.4, 0.5) is 0 Å². The average Bonchev–Trinajstić information content (AvgIpc) is 4.03. The lowest BCUT2D eigenvalue weighted by Gasteiger charge is -2.35. The van der Waals surface area contributed by atoms with Crippen LogP contribution in [0.25, 0.3) is 22.6 Å². The van der Waals surface area contributed by atoms with Crippen molar-refractivity contribution in [3.8, 4) is 16.2 Å². The average molecular weight is 1080 g/mol. The van der Waals surface area contributed by atoms with Gasteiger partial charge in [-0.1, -0.05) is 105 Å². The highest BCUT2D eigenvalue weighted by Gasteiger charge is 2.44. The summed E-state index contributed by atoms with van der Waals surface area (Å²) in [5.41, 5.74) is 7.46. The van der Waals surface area contributed by atoms with Crippen molar-refractivity contribution >= 4 is 64.6 Å². The molecular formula is C56H68ClN7O11S. The number of carbonyl (C=O) groups excluding carboxylic acids is 5. The number of amides is 5. The number of aliphatic hydroxyl groups excluding tert-OH is 1. The summed E-state index contributed by atoms with van der Waals surface area (Å²) in [4.78, 5) is 77.0. The number of thiazole rings is 1. The highest BCUT2D eigenvalue weighted by atomic mass is 35.5. The predicted octanol–water partition coefficient (Wildman–Crippen LogP) is 5.81. The van der Waals surface area contributed by atoms with Gasteiger partial charge in [0.05, 0.1) is 88.2 Å². The van der Waals surface area contributed by atoms with E-state index in [0.29, 0.717) is 55.9 Å². The summed E-state index contributed by atoms with van der Waals surface area (Å²) in [5.74, 6) is -1.34. The van der Waals surface area contributed by atoms with Gasteiger partial charge >= 0.3 is 0 Å². The number of ether oxygens (including phenoxy) is 5. The van der Waals surface area contributed by atoms with Crippen molar-refractivity contribution in [3.05, 3.63) is 135 Å². The summed E-state index contributed by atoms with van der Waals surface area (Å²) in [7, 11) is 1.54. The number of β-amino-alcohol motifs (C(OH)–C–C–N with tert-alkyl or cyclic N) is 1. The molecule has 5 amide bonds. The maximum Gasteiger partial charge on any atom is 0.270 e. The third kappa shape index (κ3) is 18.6. The Balaban J connectivity index is 0.785. The molecule has 6 rings (SSSR count). The Bertz CT molecular complexity index is 2730. The van der Waals surface area contributed by atoms with E-state index in [0.717, 1.165) is 38.4 Å². The molecule has 0 radical (unpaired) electrons. The van der Waals surface area contributed by atoms with Gasteiger partial charge in [-0.15, -0.1) is 11.3 Å². The van der Waals surface area contributed by atoms with Crippen LogP contribution in [0.5, 0.6) is 5.75 Å². The minimum absolute atomic E-state index is 0.0296. The molecule has 1 aliphatic heterocycles. The van der Waals surface area contributed by atoms with E-state index < -0.39 is 35.4 Å². The van der Waals surface area contributed by atoms with E-state index in [9.17, 15) is 29.1 Å². The molecule has 0 unspecified atom stereocenters. The molecule has 0 spiro atoms. The molecule has 2 aromatic heterocycles. The maximum atomic E-state index is 13.9. The Kier molecular flexibility index (Phi) is 22.9. The third-order valence-corrected chi connectivity index (χ3v) is 13.3. The van der Waals surface area contributed by atoms with Crippen molar-refractivity contribution < 1.29 is 52.8 Å². The van der Waals surface area contributed by atoms with Gasteiger partial charge in [-0.2, -0.15) is 0 Å². The fraction of sp³-hybridized carbons (Fsp3) is 0.411. The predicted molar refractivity (Wildman–Crippen MR) is 290 cm³/mol. The molecule has 5 aromatic rings. The van der Waals surface area contributed by atoms with E-state index in [4.69, 9.17) is 35.3 Å². The SMILES string of the molecule is COc1cnc(C(=O)NCc2cccc(CC(=O)NCCOCCOCCOCCOCC(=O)N[C@H](C(=O)N3C[C@H](O)C[C@H]3C(=O)NCc3ccc(-c4scnc4C)cc3)C(C)(C)C)c2)cc1/C=C/c1ccc(Cl)cc1. The summed E-state index contributed by atoms with van der Waals surface area (Å²) in [6, 6.07) is 22.4. The first-order chi connectivity index (χ1) is 36.6. The van der Waals surface area contributed by atoms with Crippen LogP contribution in [0.3, 0.4) is 0 Å². The van der Waals surface area contributed by atoms with Crippen molar-refractivity contribution in [1.82, 2.24) is 36.1 Å². The van der Waals surface area contributed by atoms with Gasteiger partial charge < -0.3 is 55.0 Å². The molecule has 5 N–H and O–H groups in total. The van der Waals surface area contributed by atoms with Crippen molar-refractivity contribution in [2.24, 2.45) is 5.41 Å². The second-order valence-corrected chi connectivity index (χ2v) is 20.4. The van der Waals surface area contributed by atoms with Gasteiger partial charge in [-0.25, -0.2) is 9.97 Å². The lowest BCUT2D eigenvalue weighted by Crippen LogP contribution is -2.58. The van der Waals surface area contributed by atoms with Crippen LogP contribution in [-0.4, -0.2) is 141 Å². The third-order valence-electron chi connectivity index (χ3n) is 12.1. The fourth-order valence-corrected chi connectivity index (χ4v) is 9.02. The van der Waals surface area contributed by atoms with Gasteiger partial charge in [-0.3, -0.25) is 24.0 Å². The minimum atomic E-state index is -0.982. The van der Waals surface area contributed by atoms with Gasteiger partial charge in [0.15, 0.2) is 0 Å². The molecule has 0 aliphatic carbocycles. The fourth-order valence-electron chi connectivity index (χ4n) is 8.08. The molecule has 3 heterocycles. The molecule has 0 bridgehead atoms. The number of aliphatic hydroxyl groups is 1. The summed E-state index contributed by atoms with van der Waals surface area (Å²) in [6.45, 7) is 9.78. The molecule has 76 heavy (non-hydrogen) atoms. The largest absolute Gasteiger partial charge is 0.495 e. The number of carbonyl (C=O) groups is 5. The summed E-state index contributed by atoms with van der Waals surface area (Å²) < 4.78 is 27.6.